The van der Waals surface area contributed by atoms with Crippen LogP contribution in [0.5, 0.6) is 0 Å². The van der Waals surface area contributed by atoms with E-state index in [1.54, 1.807) is 18.2 Å². The summed E-state index contributed by atoms with van der Waals surface area (Å²) in [4.78, 5) is 11.7. The number of carbonyl (C=O) groups is 1. The van der Waals surface area contributed by atoms with E-state index in [9.17, 15) is 4.79 Å². The Bertz CT molecular complexity index is 478. The van der Waals surface area contributed by atoms with Crippen molar-refractivity contribution in [3.8, 4) is 6.07 Å². The Hall–Kier alpha value is -1.53. The van der Waals surface area contributed by atoms with Crippen molar-refractivity contribution in [3.63, 3.8) is 0 Å². The molecule has 0 aliphatic heterocycles. The third kappa shape index (κ3) is 2.17. The van der Waals surface area contributed by atoms with Gasteiger partial charge in [-0.25, -0.2) is 0 Å². The number of rotatable bonds is 2. The number of anilines is 1. The zero-order valence-corrected chi connectivity index (χ0v) is 9.58. The molecule has 0 bridgehead atoms. The van der Waals surface area contributed by atoms with Gasteiger partial charge in [-0.2, -0.15) is 5.26 Å². The fourth-order valence-electron chi connectivity index (χ4n) is 1.60. The van der Waals surface area contributed by atoms with E-state index in [0.29, 0.717) is 22.2 Å². The lowest BCUT2D eigenvalue weighted by Gasteiger charge is -2.06. The number of hydrogen-bond acceptors (Lipinski definition) is 2. The fourth-order valence-corrected chi connectivity index (χ4v) is 1.77. The molecule has 4 heteroatoms. The van der Waals surface area contributed by atoms with Crippen molar-refractivity contribution in [2.24, 2.45) is 11.8 Å². The molecule has 2 unspecified atom stereocenters. The number of amides is 1. The largest absolute Gasteiger partial charge is 0.324 e. The number of benzene rings is 1. The van der Waals surface area contributed by atoms with E-state index in [2.05, 4.69) is 5.32 Å². The number of carbonyl (C=O) groups excluding carboxylic acids is 1. The van der Waals surface area contributed by atoms with E-state index in [0.717, 1.165) is 6.42 Å². The van der Waals surface area contributed by atoms with Crippen LogP contribution in [0, 0.1) is 23.2 Å². The normalized spacial score (nSPS) is 22.3. The predicted octanol–water partition coefficient (Wildman–Crippen LogP) is 2.81. The van der Waals surface area contributed by atoms with Crippen LogP contribution in [0.1, 0.15) is 18.9 Å². The first-order valence-corrected chi connectivity index (χ1v) is 5.50. The average Bonchev–Trinajstić information content (AvgIpc) is 2.99. The minimum Gasteiger partial charge on any atom is -0.324 e. The summed E-state index contributed by atoms with van der Waals surface area (Å²) in [6, 6.07) is 6.84. The van der Waals surface area contributed by atoms with E-state index in [1.807, 2.05) is 13.0 Å². The third-order valence-corrected chi connectivity index (χ3v) is 3.13. The quantitative estimate of drug-likeness (QED) is 0.856. The van der Waals surface area contributed by atoms with Crippen LogP contribution in [0.3, 0.4) is 0 Å². The summed E-state index contributed by atoms with van der Waals surface area (Å²) in [6.45, 7) is 2.04. The molecule has 1 N–H and O–H groups in total. The summed E-state index contributed by atoms with van der Waals surface area (Å²) in [5, 5.41) is 12.0. The molecule has 16 heavy (non-hydrogen) atoms. The van der Waals surface area contributed by atoms with Crippen LogP contribution in [0.2, 0.25) is 5.02 Å². The standard InChI is InChI=1S/C12H11ClN2O/c1-7-4-9(7)12(16)15-11-5-8(6-14)2-3-10(11)13/h2-3,5,7,9H,4H2,1H3,(H,15,16). The molecule has 0 spiro atoms. The number of hydrogen-bond donors (Lipinski definition) is 1. The van der Waals surface area contributed by atoms with Gasteiger partial charge in [0.25, 0.3) is 0 Å². The maximum atomic E-state index is 11.7. The Labute approximate surface area is 99.0 Å². The van der Waals surface area contributed by atoms with Crippen molar-refractivity contribution in [2.45, 2.75) is 13.3 Å². The lowest BCUT2D eigenvalue weighted by molar-refractivity contribution is -0.117. The van der Waals surface area contributed by atoms with Crippen LogP contribution in [0.25, 0.3) is 0 Å². The van der Waals surface area contributed by atoms with Gasteiger partial charge in [-0.1, -0.05) is 18.5 Å². The van der Waals surface area contributed by atoms with E-state index in [-0.39, 0.29) is 11.8 Å². The molecule has 1 aliphatic rings. The molecular formula is C12H11ClN2O. The van der Waals surface area contributed by atoms with Gasteiger partial charge in [-0.3, -0.25) is 4.79 Å². The fraction of sp³-hybridized carbons (Fsp3) is 0.333. The lowest BCUT2D eigenvalue weighted by Crippen LogP contribution is -2.14. The van der Waals surface area contributed by atoms with Crippen LogP contribution in [0.4, 0.5) is 5.69 Å². The highest BCUT2D eigenvalue weighted by atomic mass is 35.5. The van der Waals surface area contributed by atoms with Crippen LogP contribution in [0.15, 0.2) is 18.2 Å². The number of nitrogens with zero attached hydrogens (tertiary/aromatic N) is 1. The SMILES string of the molecule is CC1CC1C(=O)Nc1cc(C#N)ccc1Cl. The summed E-state index contributed by atoms with van der Waals surface area (Å²) in [5.41, 5.74) is 1.01. The molecule has 2 atom stereocenters. The minimum absolute atomic E-state index is 0.00973. The summed E-state index contributed by atoms with van der Waals surface area (Å²) in [6.07, 6.45) is 0.932. The Morgan fingerprint density at radius 1 is 1.62 bits per heavy atom. The first-order chi connectivity index (χ1) is 7.61. The van der Waals surface area contributed by atoms with Crippen molar-refractivity contribution in [3.05, 3.63) is 28.8 Å². The molecule has 0 aromatic heterocycles. The Morgan fingerprint density at radius 2 is 2.31 bits per heavy atom. The van der Waals surface area contributed by atoms with Crippen LogP contribution in [-0.2, 0) is 4.79 Å². The second kappa shape index (κ2) is 4.15. The Morgan fingerprint density at radius 3 is 2.88 bits per heavy atom. The second-order valence-corrected chi connectivity index (χ2v) is 4.52. The maximum absolute atomic E-state index is 11.7. The maximum Gasteiger partial charge on any atom is 0.227 e. The van der Waals surface area contributed by atoms with Crippen LogP contribution < -0.4 is 5.32 Å². The molecule has 1 aromatic rings. The summed E-state index contributed by atoms with van der Waals surface area (Å²) in [5.74, 6) is 0.546. The zero-order valence-electron chi connectivity index (χ0n) is 8.83. The van der Waals surface area contributed by atoms with Gasteiger partial charge in [-0.05, 0) is 30.5 Å². The van der Waals surface area contributed by atoms with Crippen molar-refractivity contribution in [1.82, 2.24) is 0 Å². The van der Waals surface area contributed by atoms with Gasteiger partial charge in [0.15, 0.2) is 0 Å². The summed E-state index contributed by atoms with van der Waals surface area (Å²) in [7, 11) is 0. The average molecular weight is 235 g/mol. The van der Waals surface area contributed by atoms with E-state index in [1.165, 1.54) is 0 Å². The highest BCUT2D eigenvalue weighted by molar-refractivity contribution is 6.33. The van der Waals surface area contributed by atoms with Gasteiger partial charge in [0, 0.05) is 5.92 Å². The van der Waals surface area contributed by atoms with Crippen molar-refractivity contribution in [1.29, 1.82) is 5.26 Å². The van der Waals surface area contributed by atoms with Crippen molar-refractivity contribution in [2.75, 3.05) is 5.32 Å². The van der Waals surface area contributed by atoms with Gasteiger partial charge in [0.2, 0.25) is 5.91 Å². The molecule has 82 valence electrons. The molecule has 0 saturated heterocycles. The molecule has 2 rings (SSSR count). The first kappa shape index (κ1) is 11.0. The van der Waals surface area contributed by atoms with Crippen LogP contribution in [-0.4, -0.2) is 5.91 Å². The van der Waals surface area contributed by atoms with Crippen molar-refractivity contribution < 1.29 is 4.79 Å². The van der Waals surface area contributed by atoms with Gasteiger partial charge >= 0.3 is 0 Å². The summed E-state index contributed by atoms with van der Waals surface area (Å²) < 4.78 is 0. The molecule has 1 aliphatic carbocycles. The number of nitriles is 1. The predicted molar refractivity (Wildman–Crippen MR) is 62.1 cm³/mol. The minimum atomic E-state index is -0.00973. The molecule has 1 saturated carbocycles. The third-order valence-electron chi connectivity index (χ3n) is 2.80. The highest BCUT2D eigenvalue weighted by Gasteiger charge is 2.39. The second-order valence-electron chi connectivity index (χ2n) is 4.12. The lowest BCUT2D eigenvalue weighted by atomic mass is 10.2. The number of nitrogens with one attached hydrogen (secondary N) is 1. The monoisotopic (exact) mass is 234 g/mol. The molecule has 3 nitrogen and oxygen atoms in total. The van der Waals surface area contributed by atoms with Gasteiger partial charge in [0.05, 0.1) is 22.3 Å². The smallest absolute Gasteiger partial charge is 0.227 e. The van der Waals surface area contributed by atoms with Gasteiger partial charge in [-0.15, -0.1) is 0 Å². The number of halogens is 1. The Kier molecular flexibility index (Phi) is 2.84. The molecular weight excluding hydrogens is 224 g/mol. The molecule has 1 fully saturated rings. The molecule has 0 radical (unpaired) electrons. The highest BCUT2D eigenvalue weighted by Crippen LogP contribution is 2.39. The van der Waals surface area contributed by atoms with Crippen LogP contribution >= 0.6 is 11.6 Å². The molecule has 1 amide bonds. The van der Waals surface area contributed by atoms with Gasteiger partial charge < -0.3 is 5.32 Å². The summed E-state index contributed by atoms with van der Waals surface area (Å²) >= 11 is 5.93. The van der Waals surface area contributed by atoms with Gasteiger partial charge in [0.1, 0.15) is 0 Å². The molecule has 1 aromatic carbocycles. The molecule has 0 heterocycles. The zero-order chi connectivity index (χ0) is 11.7. The van der Waals surface area contributed by atoms with Crippen molar-refractivity contribution >= 4 is 23.2 Å². The van der Waals surface area contributed by atoms with E-state index in [4.69, 9.17) is 16.9 Å². The van der Waals surface area contributed by atoms with E-state index >= 15 is 0 Å². The topological polar surface area (TPSA) is 52.9 Å². The first-order valence-electron chi connectivity index (χ1n) is 5.12. The Balaban J connectivity index is 2.14. The van der Waals surface area contributed by atoms with E-state index < -0.39 is 0 Å².